The van der Waals surface area contributed by atoms with E-state index in [1.807, 2.05) is 35.2 Å². The molecule has 2 aromatic rings. The van der Waals surface area contributed by atoms with E-state index in [2.05, 4.69) is 0 Å². The Bertz CT molecular complexity index is 982. The van der Waals surface area contributed by atoms with Crippen LogP contribution < -0.4 is 4.90 Å². The molecular formula is C22H26N2O5S. The van der Waals surface area contributed by atoms with Crippen LogP contribution in [0, 0.1) is 11.3 Å². The topological polar surface area (TPSA) is 99.9 Å². The number of carbonyl (C=O) groups is 2. The van der Waals surface area contributed by atoms with Crippen molar-refractivity contribution >= 4 is 45.1 Å². The highest BCUT2D eigenvalue weighted by Gasteiger charge is 2.20. The summed E-state index contributed by atoms with van der Waals surface area (Å²) in [6, 6.07) is 9.65. The highest BCUT2D eigenvalue weighted by atomic mass is 32.1. The first-order chi connectivity index (χ1) is 14.1. The van der Waals surface area contributed by atoms with Gasteiger partial charge in [-0.15, -0.1) is 11.3 Å². The van der Waals surface area contributed by atoms with Crippen molar-refractivity contribution in [3.63, 3.8) is 0 Å². The molecule has 30 heavy (non-hydrogen) atoms. The van der Waals surface area contributed by atoms with Gasteiger partial charge in [0.15, 0.2) is 0 Å². The van der Waals surface area contributed by atoms with Gasteiger partial charge in [-0.05, 0) is 50.4 Å². The maximum Gasteiger partial charge on any atom is 0.349 e. The normalized spacial score (nSPS) is 11.8. The third-order valence-corrected chi connectivity index (χ3v) is 5.00. The van der Waals surface area contributed by atoms with Crippen LogP contribution in [0.1, 0.15) is 32.6 Å². The number of esters is 2. The van der Waals surface area contributed by atoms with E-state index in [4.69, 9.17) is 9.47 Å². The first kappa shape index (κ1) is 23.4. The highest BCUT2D eigenvalue weighted by Crippen LogP contribution is 2.31. The summed E-state index contributed by atoms with van der Waals surface area (Å²) in [5, 5.41) is 19.7. The number of fused-ring (bicyclic) bond motifs is 1. The van der Waals surface area contributed by atoms with E-state index in [1.165, 1.54) is 24.3 Å². The molecule has 0 aliphatic heterocycles. The van der Waals surface area contributed by atoms with Crippen LogP contribution in [0.4, 0.5) is 5.69 Å². The molecule has 0 atom stereocenters. The molecule has 1 aromatic carbocycles. The van der Waals surface area contributed by atoms with Gasteiger partial charge in [-0.2, -0.15) is 5.26 Å². The number of carbonyl (C=O) groups excluding carboxylic acids is 2. The van der Waals surface area contributed by atoms with Gasteiger partial charge in [0.25, 0.3) is 0 Å². The number of ether oxygens (including phenoxy) is 2. The fourth-order valence-electron chi connectivity index (χ4n) is 2.71. The standard InChI is InChI=1S/C22H26N2O5S/c1-15(26)28-10-8-24(7-9-25)18-6-5-16-11-19(30-20(16)13-18)12-17(14-23)21(27)29-22(2,3)4/h5-6,11-13,25H,7-10H2,1-4H3/b17-12+. The number of thiophene rings is 1. The van der Waals surface area contributed by atoms with Crippen molar-refractivity contribution in [1.82, 2.24) is 0 Å². The van der Waals surface area contributed by atoms with E-state index in [9.17, 15) is 20.0 Å². The predicted octanol–water partition coefficient (Wildman–Crippen LogP) is 3.51. The summed E-state index contributed by atoms with van der Waals surface area (Å²) < 4.78 is 11.2. The van der Waals surface area contributed by atoms with Gasteiger partial charge in [-0.3, -0.25) is 4.79 Å². The second kappa shape index (κ2) is 10.2. The second-order valence-electron chi connectivity index (χ2n) is 7.59. The lowest BCUT2D eigenvalue weighted by Gasteiger charge is -2.23. The Morgan fingerprint density at radius 3 is 2.60 bits per heavy atom. The van der Waals surface area contributed by atoms with Gasteiger partial charge in [0.1, 0.15) is 23.9 Å². The molecule has 0 fully saturated rings. The smallest absolute Gasteiger partial charge is 0.349 e. The lowest BCUT2D eigenvalue weighted by molar-refractivity contribution is -0.149. The van der Waals surface area contributed by atoms with Crippen molar-refractivity contribution in [3.8, 4) is 6.07 Å². The van der Waals surface area contributed by atoms with Crippen LogP contribution in [0.15, 0.2) is 29.8 Å². The largest absolute Gasteiger partial charge is 0.464 e. The number of hydrogen-bond acceptors (Lipinski definition) is 8. The minimum atomic E-state index is -0.676. The van der Waals surface area contributed by atoms with Gasteiger partial charge >= 0.3 is 11.9 Å². The quantitative estimate of drug-likeness (QED) is 0.389. The van der Waals surface area contributed by atoms with Crippen molar-refractivity contribution in [3.05, 3.63) is 34.7 Å². The Labute approximate surface area is 180 Å². The van der Waals surface area contributed by atoms with Crippen molar-refractivity contribution in [2.75, 3.05) is 31.2 Å². The first-order valence-electron chi connectivity index (χ1n) is 9.51. The molecule has 0 aliphatic rings. The third-order valence-electron chi connectivity index (χ3n) is 3.95. The molecule has 1 aromatic heterocycles. The molecular weight excluding hydrogens is 404 g/mol. The molecule has 2 rings (SSSR count). The van der Waals surface area contributed by atoms with Gasteiger partial charge in [0.05, 0.1) is 13.2 Å². The average molecular weight is 431 g/mol. The monoisotopic (exact) mass is 430 g/mol. The van der Waals surface area contributed by atoms with Crippen LogP contribution in [-0.4, -0.2) is 48.9 Å². The Morgan fingerprint density at radius 2 is 2.00 bits per heavy atom. The fraction of sp³-hybridized carbons (Fsp3) is 0.409. The maximum atomic E-state index is 12.2. The zero-order valence-corrected chi connectivity index (χ0v) is 18.4. The van der Waals surface area contributed by atoms with Crippen molar-refractivity contribution in [1.29, 1.82) is 5.26 Å². The van der Waals surface area contributed by atoms with Crippen molar-refractivity contribution in [2.45, 2.75) is 33.3 Å². The zero-order valence-electron chi connectivity index (χ0n) is 17.6. The lowest BCUT2D eigenvalue weighted by Crippen LogP contribution is -2.30. The molecule has 1 heterocycles. The summed E-state index contributed by atoms with van der Waals surface area (Å²) in [5.41, 5.74) is 0.151. The number of anilines is 1. The third kappa shape index (κ3) is 6.87. The minimum Gasteiger partial charge on any atom is -0.464 e. The van der Waals surface area contributed by atoms with E-state index in [0.29, 0.717) is 13.1 Å². The van der Waals surface area contributed by atoms with E-state index >= 15 is 0 Å². The first-order valence-corrected chi connectivity index (χ1v) is 10.3. The molecule has 7 nitrogen and oxygen atoms in total. The summed E-state index contributed by atoms with van der Waals surface area (Å²) in [6.45, 7) is 7.67. The molecule has 8 heteroatoms. The summed E-state index contributed by atoms with van der Waals surface area (Å²) in [5.74, 6) is -0.995. The SMILES string of the molecule is CC(=O)OCCN(CCO)c1ccc2cc(/C=C(\C#N)C(=O)OC(C)(C)C)sc2c1. The van der Waals surface area contributed by atoms with Gasteiger partial charge < -0.3 is 19.5 Å². The summed E-state index contributed by atoms with van der Waals surface area (Å²) in [7, 11) is 0. The minimum absolute atomic E-state index is 0.0298. The average Bonchev–Trinajstić information content (AvgIpc) is 3.05. The van der Waals surface area contributed by atoms with E-state index in [-0.39, 0.29) is 24.8 Å². The van der Waals surface area contributed by atoms with Crippen LogP contribution in [0.3, 0.4) is 0 Å². The molecule has 0 radical (unpaired) electrons. The second-order valence-corrected chi connectivity index (χ2v) is 8.71. The number of hydrogen-bond donors (Lipinski definition) is 1. The van der Waals surface area contributed by atoms with Gasteiger partial charge in [-0.1, -0.05) is 6.07 Å². The Balaban J connectivity index is 2.26. The van der Waals surface area contributed by atoms with Crippen molar-refractivity contribution in [2.24, 2.45) is 0 Å². The van der Waals surface area contributed by atoms with E-state index < -0.39 is 11.6 Å². The Hall–Kier alpha value is -2.89. The molecule has 0 unspecified atom stereocenters. The molecule has 0 saturated carbocycles. The van der Waals surface area contributed by atoms with Crippen LogP contribution in [0.2, 0.25) is 0 Å². The number of benzene rings is 1. The van der Waals surface area contributed by atoms with Crippen LogP contribution in [0.5, 0.6) is 0 Å². The molecule has 0 spiro atoms. The number of nitrogens with zero attached hydrogens (tertiary/aromatic N) is 2. The molecule has 160 valence electrons. The van der Waals surface area contributed by atoms with Crippen LogP contribution in [0.25, 0.3) is 16.2 Å². The molecule has 0 bridgehead atoms. The highest BCUT2D eigenvalue weighted by molar-refractivity contribution is 7.19. The van der Waals surface area contributed by atoms with E-state index in [1.54, 1.807) is 20.8 Å². The lowest BCUT2D eigenvalue weighted by atomic mass is 10.1. The van der Waals surface area contributed by atoms with Crippen LogP contribution in [-0.2, 0) is 19.1 Å². The van der Waals surface area contributed by atoms with Gasteiger partial charge in [0.2, 0.25) is 0 Å². The van der Waals surface area contributed by atoms with Crippen LogP contribution >= 0.6 is 11.3 Å². The summed E-state index contributed by atoms with van der Waals surface area (Å²) in [4.78, 5) is 25.9. The maximum absolute atomic E-state index is 12.2. The molecule has 0 aliphatic carbocycles. The molecule has 1 N–H and O–H groups in total. The number of aliphatic hydroxyl groups excluding tert-OH is 1. The summed E-state index contributed by atoms with van der Waals surface area (Å²) >= 11 is 1.44. The number of rotatable bonds is 8. The van der Waals surface area contributed by atoms with Gasteiger partial charge in [0, 0.05) is 28.7 Å². The number of aliphatic hydroxyl groups is 1. The fourth-order valence-corrected chi connectivity index (χ4v) is 3.75. The predicted molar refractivity (Wildman–Crippen MR) is 117 cm³/mol. The van der Waals surface area contributed by atoms with Gasteiger partial charge in [-0.25, -0.2) is 4.79 Å². The Kier molecular flexibility index (Phi) is 7.98. The number of nitriles is 1. The van der Waals surface area contributed by atoms with E-state index in [0.717, 1.165) is 20.7 Å². The summed E-state index contributed by atoms with van der Waals surface area (Å²) in [6.07, 6.45) is 1.53. The molecule has 0 saturated heterocycles. The Morgan fingerprint density at radius 1 is 1.27 bits per heavy atom. The van der Waals surface area contributed by atoms with Crippen molar-refractivity contribution < 1.29 is 24.2 Å². The molecule has 0 amide bonds. The zero-order chi connectivity index (χ0) is 22.3.